The molecule has 0 spiro atoms. The first-order valence-electron chi connectivity index (χ1n) is 9.35. The Morgan fingerprint density at radius 2 is 2.09 bits per heavy atom. The van der Waals surface area contributed by atoms with Crippen LogP contribution in [0.2, 0.25) is 0 Å². The van der Waals surface area contributed by atoms with Gasteiger partial charge in [-0.15, -0.1) is 0 Å². The lowest BCUT2D eigenvalue weighted by atomic mass is 9.56. The van der Waals surface area contributed by atoms with Crippen molar-refractivity contribution in [2.45, 2.75) is 72.8 Å². The normalized spacial score (nSPS) is 36.5. The highest BCUT2D eigenvalue weighted by Gasteiger charge is 2.53. The van der Waals surface area contributed by atoms with Crippen LogP contribution in [0.4, 0.5) is 0 Å². The quantitative estimate of drug-likeness (QED) is 0.385. The Hall–Kier alpha value is -0.830. The van der Waals surface area contributed by atoms with Gasteiger partial charge in [0.2, 0.25) is 0 Å². The highest BCUT2D eigenvalue weighted by atomic mass is 16.5. The van der Waals surface area contributed by atoms with E-state index in [4.69, 9.17) is 9.47 Å². The zero-order chi connectivity index (χ0) is 17.0. The predicted octanol–water partition coefficient (Wildman–Crippen LogP) is 4.75. The van der Waals surface area contributed by atoms with Crippen molar-refractivity contribution in [2.24, 2.45) is 23.2 Å². The molecule has 2 rings (SSSR count). The third kappa shape index (κ3) is 3.81. The van der Waals surface area contributed by atoms with Crippen LogP contribution in [-0.2, 0) is 14.3 Å². The minimum atomic E-state index is -0.191. The van der Waals surface area contributed by atoms with Crippen LogP contribution in [0.5, 0.6) is 0 Å². The van der Waals surface area contributed by atoms with E-state index in [2.05, 4.69) is 33.8 Å². The third-order valence-corrected chi connectivity index (χ3v) is 6.24. The van der Waals surface area contributed by atoms with Gasteiger partial charge in [0, 0.05) is 18.3 Å². The molecule has 0 radical (unpaired) electrons. The summed E-state index contributed by atoms with van der Waals surface area (Å²) in [4.78, 5) is 11.3. The fraction of sp³-hybridized carbons (Fsp3) is 0.850. The molecule has 0 aromatic heterocycles. The van der Waals surface area contributed by atoms with Gasteiger partial charge in [0.05, 0.1) is 19.3 Å². The van der Waals surface area contributed by atoms with Crippen molar-refractivity contribution >= 4 is 5.97 Å². The van der Waals surface area contributed by atoms with Crippen molar-refractivity contribution in [2.75, 3.05) is 13.2 Å². The van der Waals surface area contributed by atoms with Crippen molar-refractivity contribution < 1.29 is 14.3 Å². The number of hydrogen-bond donors (Lipinski definition) is 0. The molecular formula is C20H34O3. The second-order valence-corrected chi connectivity index (χ2v) is 7.73. The average molecular weight is 322 g/mol. The molecule has 1 aliphatic carbocycles. The Balaban J connectivity index is 2.11. The number of esters is 1. The van der Waals surface area contributed by atoms with Gasteiger partial charge in [-0.3, -0.25) is 4.79 Å². The topological polar surface area (TPSA) is 35.5 Å². The molecule has 1 saturated heterocycles. The highest BCUT2D eigenvalue weighted by Crippen LogP contribution is 2.53. The summed E-state index contributed by atoms with van der Waals surface area (Å²) in [6.07, 6.45) is 9.02. The Labute approximate surface area is 141 Å². The fourth-order valence-corrected chi connectivity index (χ4v) is 4.66. The molecule has 1 heterocycles. The summed E-state index contributed by atoms with van der Waals surface area (Å²) < 4.78 is 11.8. The van der Waals surface area contributed by atoms with Gasteiger partial charge in [0.1, 0.15) is 0 Å². The van der Waals surface area contributed by atoms with E-state index in [0.717, 1.165) is 6.42 Å². The van der Waals surface area contributed by atoms with E-state index >= 15 is 0 Å². The maximum Gasteiger partial charge on any atom is 0.302 e. The standard InChI is InChI=1S/C20H34O3/c1-6-7-8-9-10-18-19-14(2)11-15(3)20(13-23-18,16(19)4)12-22-17(5)21/h11,15-16,18-19H,6-10,12-13H2,1-5H3. The van der Waals surface area contributed by atoms with Crippen LogP contribution in [0.25, 0.3) is 0 Å². The molecule has 1 fully saturated rings. The zero-order valence-corrected chi connectivity index (χ0v) is 15.6. The lowest BCUT2D eigenvalue weighted by Crippen LogP contribution is -2.56. The van der Waals surface area contributed by atoms with E-state index in [1.54, 1.807) is 0 Å². The van der Waals surface area contributed by atoms with E-state index in [1.165, 1.54) is 38.2 Å². The smallest absolute Gasteiger partial charge is 0.302 e. The molecule has 0 aromatic rings. The SMILES string of the molecule is CCCCCCC1OCC2(COC(C)=O)C(C)C=C(C)C1C2C. The molecule has 2 aliphatic rings. The van der Waals surface area contributed by atoms with Crippen molar-refractivity contribution in [3.8, 4) is 0 Å². The molecule has 132 valence electrons. The van der Waals surface area contributed by atoms with Crippen LogP contribution in [0, 0.1) is 23.2 Å². The number of ether oxygens (including phenoxy) is 2. The maximum atomic E-state index is 11.3. The van der Waals surface area contributed by atoms with Gasteiger partial charge in [-0.1, -0.05) is 58.1 Å². The highest BCUT2D eigenvalue weighted by molar-refractivity contribution is 5.65. The van der Waals surface area contributed by atoms with Crippen LogP contribution in [0.1, 0.15) is 66.7 Å². The summed E-state index contributed by atoms with van der Waals surface area (Å²) in [5, 5.41) is 0. The van der Waals surface area contributed by atoms with Gasteiger partial charge in [-0.05, 0) is 25.2 Å². The number of carbonyl (C=O) groups is 1. The number of carbonyl (C=O) groups excluding carboxylic acids is 1. The number of hydrogen-bond acceptors (Lipinski definition) is 3. The predicted molar refractivity (Wildman–Crippen MR) is 93.1 cm³/mol. The van der Waals surface area contributed by atoms with E-state index in [9.17, 15) is 4.79 Å². The second-order valence-electron chi connectivity index (χ2n) is 7.73. The first-order valence-corrected chi connectivity index (χ1v) is 9.35. The Kier molecular flexibility index (Phi) is 6.30. The molecule has 0 aromatic carbocycles. The minimum Gasteiger partial charge on any atom is -0.465 e. The van der Waals surface area contributed by atoms with Crippen LogP contribution in [-0.4, -0.2) is 25.3 Å². The summed E-state index contributed by atoms with van der Waals surface area (Å²) in [7, 11) is 0. The van der Waals surface area contributed by atoms with Gasteiger partial charge in [-0.25, -0.2) is 0 Å². The van der Waals surface area contributed by atoms with Gasteiger partial charge in [0.15, 0.2) is 0 Å². The second kappa shape index (κ2) is 7.83. The number of fused-ring (bicyclic) bond motifs is 2. The van der Waals surface area contributed by atoms with Crippen LogP contribution >= 0.6 is 0 Å². The zero-order valence-electron chi connectivity index (χ0n) is 15.6. The van der Waals surface area contributed by atoms with E-state index in [0.29, 0.717) is 37.1 Å². The largest absolute Gasteiger partial charge is 0.465 e. The molecule has 3 nitrogen and oxygen atoms in total. The van der Waals surface area contributed by atoms with Gasteiger partial charge < -0.3 is 9.47 Å². The van der Waals surface area contributed by atoms with Crippen LogP contribution in [0.3, 0.4) is 0 Å². The molecule has 5 atom stereocenters. The van der Waals surface area contributed by atoms with Crippen molar-refractivity contribution in [1.82, 2.24) is 0 Å². The maximum absolute atomic E-state index is 11.3. The van der Waals surface area contributed by atoms with E-state index < -0.39 is 0 Å². The Morgan fingerprint density at radius 3 is 2.74 bits per heavy atom. The van der Waals surface area contributed by atoms with Crippen molar-refractivity contribution in [3.05, 3.63) is 11.6 Å². The molecule has 0 amide bonds. The molecule has 0 N–H and O–H groups in total. The van der Waals surface area contributed by atoms with Crippen LogP contribution < -0.4 is 0 Å². The first-order chi connectivity index (χ1) is 10.9. The lowest BCUT2D eigenvalue weighted by molar-refractivity contribution is -0.180. The summed E-state index contributed by atoms with van der Waals surface area (Å²) >= 11 is 0. The lowest BCUT2D eigenvalue weighted by Gasteiger charge is -2.55. The first kappa shape index (κ1) is 18.5. The minimum absolute atomic E-state index is 0.0598. The third-order valence-electron chi connectivity index (χ3n) is 6.24. The van der Waals surface area contributed by atoms with Gasteiger partial charge in [-0.2, -0.15) is 0 Å². The Morgan fingerprint density at radius 1 is 1.35 bits per heavy atom. The molecule has 0 saturated carbocycles. The number of allylic oxidation sites excluding steroid dienone is 1. The monoisotopic (exact) mass is 322 g/mol. The summed E-state index contributed by atoms with van der Waals surface area (Å²) in [6, 6.07) is 0. The fourth-order valence-electron chi connectivity index (χ4n) is 4.66. The molecule has 23 heavy (non-hydrogen) atoms. The number of rotatable bonds is 7. The van der Waals surface area contributed by atoms with Crippen molar-refractivity contribution in [1.29, 1.82) is 0 Å². The molecule has 2 bridgehead atoms. The molecule has 3 heteroatoms. The van der Waals surface area contributed by atoms with E-state index in [1.807, 2.05) is 0 Å². The molecule has 1 aliphatic heterocycles. The molecular weight excluding hydrogens is 288 g/mol. The number of unbranched alkanes of at least 4 members (excludes halogenated alkanes) is 3. The molecule has 5 unspecified atom stereocenters. The van der Waals surface area contributed by atoms with Gasteiger partial charge >= 0.3 is 5.97 Å². The van der Waals surface area contributed by atoms with Crippen molar-refractivity contribution in [3.63, 3.8) is 0 Å². The average Bonchev–Trinajstić information content (AvgIpc) is 2.49. The van der Waals surface area contributed by atoms with Crippen LogP contribution in [0.15, 0.2) is 11.6 Å². The Bertz CT molecular complexity index is 442. The summed E-state index contributed by atoms with van der Waals surface area (Å²) in [5.41, 5.74) is 1.40. The van der Waals surface area contributed by atoms with Gasteiger partial charge in [0.25, 0.3) is 0 Å². The summed E-state index contributed by atoms with van der Waals surface area (Å²) in [5.74, 6) is 1.15. The van der Waals surface area contributed by atoms with E-state index in [-0.39, 0.29) is 11.4 Å². The summed E-state index contributed by atoms with van der Waals surface area (Å²) in [6.45, 7) is 11.8.